The number of hydrogen-bond donors (Lipinski definition) is 2. The number of primary amides is 1. The lowest BCUT2D eigenvalue weighted by Crippen LogP contribution is -2.30. The van der Waals surface area contributed by atoms with Crippen molar-refractivity contribution in [2.75, 3.05) is 6.54 Å². The molecule has 0 saturated heterocycles. The van der Waals surface area contributed by atoms with Crippen LogP contribution in [-0.2, 0) is 12.8 Å². The van der Waals surface area contributed by atoms with Crippen LogP contribution in [0, 0.1) is 0 Å². The molecule has 0 spiro atoms. The summed E-state index contributed by atoms with van der Waals surface area (Å²) in [4.78, 5) is 15.3. The molecule has 3 rings (SSSR count). The van der Waals surface area contributed by atoms with Gasteiger partial charge in [0, 0.05) is 18.3 Å². The van der Waals surface area contributed by atoms with E-state index in [9.17, 15) is 4.79 Å². The Kier molecular flexibility index (Phi) is 8.69. The molecule has 1 aliphatic rings. The van der Waals surface area contributed by atoms with Crippen molar-refractivity contribution in [3.8, 4) is 11.6 Å². The Balaban J connectivity index is 1.37. The van der Waals surface area contributed by atoms with Crippen LogP contribution in [0.25, 0.3) is 0 Å². The Hall–Kier alpha value is -2.40. The number of aromatic nitrogens is 1. The normalized spacial score (nSPS) is 15.2. The van der Waals surface area contributed by atoms with E-state index in [2.05, 4.69) is 29.4 Å². The summed E-state index contributed by atoms with van der Waals surface area (Å²) in [5.41, 5.74) is 8.36. The van der Waals surface area contributed by atoms with E-state index in [1.54, 1.807) is 12.1 Å². The molecule has 1 aromatic carbocycles. The third-order valence-corrected chi connectivity index (χ3v) is 5.82. The van der Waals surface area contributed by atoms with Crippen LogP contribution < -0.4 is 15.8 Å². The SMILES string of the molecule is CCCCCCCCCCNC1Cc2ccc(Oc3ccc(C(N)=O)cn3)cc2C1. The maximum atomic E-state index is 11.1. The number of unbranched alkanes of at least 4 members (excludes halogenated alkanes) is 7. The van der Waals surface area contributed by atoms with Gasteiger partial charge in [-0.15, -0.1) is 0 Å². The molecule has 2 aromatic rings. The second-order valence-electron chi connectivity index (χ2n) is 8.32. The van der Waals surface area contributed by atoms with E-state index in [1.807, 2.05) is 6.07 Å². The van der Waals surface area contributed by atoms with Crippen LogP contribution in [0.1, 0.15) is 79.8 Å². The highest BCUT2D eigenvalue weighted by atomic mass is 16.5. The van der Waals surface area contributed by atoms with Gasteiger partial charge in [-0.3, -0.25) is 4.79 Å². The van der Waals surface area contributed by atoms with Crippen molar-refractivity contribution in [3.05, 3.63) is 53.2 Å². The van der Waals surface area contributed by atoms with Crippen LogP contribution >= 0.6 is 0 Å². The number of nitrogens with two attached hydrogens (primary N) is 1. The van der Waals surface area contributed by atoms with Gasteiger partial charge in [0.05, 0.1) is 5.56 Å². The van der Waals surface area contributed by atoms with E-state index in [4.69, 9.17) is 10.5 Å². The number of carbonyl (C=O) groups excluding carboxylic acids is 1. The van der Waals surface area contributed by atoms with Crippen LogP contribution in [0.4, 0.5) is 0 Å². The predicted molar refractivity (Wildman–Crippen MR) is 121 cm³/mol. The predicted octanol–water partition coefficient (Wildman–Crippen LogP) is 5.17. The molecule has 1 unspecified atom stereocenters. The van der Waals surface area contributed by atoms with Crippen LogP contribution in [0.15, 0.2) is 36.5 Å². The second-order valence-corrected chi connectivity index (χ2v) is 8.32. The first-order valence-electron chi connectivity index (χ1n) is 11.4. The smallest absolute Gasteiger partial charge is 0.250 e. The molecule has 5 nitrogen and oxygen atoms in total. The van der Waals surface area contributed by atoms with Crippen molar-refractivity contribution >= 4 is 5.91 Å². The number of fused-ring (bicyclic) bond motifs is 1. The highest BCUT2D eigenvalue weighted by Gasteiger charge is 2.21. The molecule has 1 heterocycles. The molecule has 5 heteroatoms. The van der Waals surface area contributed by atoms with Gasteiger partial charge in [-0.1, -0.05) is 57.9 Å². The number of rotatable bonds is 13. The topological polar surface area (TPSA) is 77.2 Å². The number of hydrogen-bond acceptors (Lipinski definition) is 4. The third kappa shape index (κ3) is 6.84. The van der Waals surface area contributed by atoms with Gasteiger partial charge in [-0.25, -0.2) is 4.98 Å². The largest absolute Gasteiger partial charge is 0.439 e. The summed E-state index contributed by atoms with van der Waals surface area (Å²) in [6.45, 7) is 3.37. The Labute approximate surface area is 180 Å². The Bertz CT molecular complexity index is 805. The summed E-state index contributed by atoms with van der Waals surface area (Å²) in [7, 11) is 0. The van der Waals surface area contributed by atoms with Crippen LogP contribution in [0.5, 0.6) is 11.6 Å². The maximum absolute atomic E-state index is 11.1. The molecular weight excluding hydrogens is 374 g/mol. The molecule has 1 amide bonds. The summed E-state index contributed by atoms with van der Waals surface area (Å²) in [5, 5.41) is 3.73. The number of nitrogens with one attached hydrogen (secondary N) is 1. The third-order valence-electron chi connectivity index (χ3n) is 5.82. The summed E-state index contributed by atoms with van der Waals surface area (Å²) < 4.78 is 5.85. The monoisotopic (exact) mass is 409 g/mol. The van der Waals surface area contributed by atoms with Crippen molar-refractivity contribution in [1.82, 2.24) is 10.3 Å². The van der Waals surface area contributed by atoms with E-state index < -0.39 is 5.91 Å². The molecule has 1 atom stereocenters. The van der Waals surface area contributed by atoms with Crippen molar-refractivity contribution in [1.29, 1.82) is 0 Å². The fraction of sp³-hybridized carbons (Fsp3) is 0.520. The van der Waals surface area contributed by atoms with E-state index in [-0.39, 0.29) is 0 Å². The number of ether oxygens (including phenoxy) is 1. The Morgan fingerprint density at radius 3 is 2.47 bits per heavy atom. The van der Waals surface area contributed by atoms with Gasteiger partial charge in [0.2, 0.25) is 11.8 Å². The zero-order valence-electron chi connectivity index (χ0n) is 18.2. The molecule has 0 bridgehead atoms. The second kappa shape index (κ2) is 11.7. The van der Waals surface area contributed by atoms with Crippen LogP contribution in [0.2, 0.25) is 0 Å². The number of nitrogens with zero attached hydrogens (tertiary/aromatic N) is 1. The zero-order chi connectivity index (χ0) is 21.2. The summed E-state index contributed by atoms with van der Waals surface area (Å²) in [5.74, 6) is 0.746. The average Bonchev–Trinajstić information content (AvgIpc) is 3.15. The lowest BCUT2D eigenvalue weighted by molar-refractivity contribution is 0.1000. The Morgan fingerprint density at radius 2 is 1.77 bits per heavy atom. The number of amides is 1. The quantitative estimate of drug-likeness (QED) is 0.447. The summed E-state index contributed by atoms with van der Waals surface area (Å²) in [6, 6.07) is 10.1. The first-order valence-corrected chi connectivity index (χ1v) is 11.4. The minimum Gasteiger partial charge on any atom is -0.439 e. The fourth-order valence-corrected chi connectivity index (χ4v) is 4.07. The van der Waals surface area contributed by atoms with Gasteiger partial charge in [-0.2, -0.15) is 0 Å². The van der Waals surface area contributed by atoms with E-state index in [0.717, 1.165) is 25.1 Å². The molecule has 0 fully saturated rings. The van der Waals surface area contributed by atoms with Crippen LogP contribution in [0.3, 0.4) is 0 Å². The van der Waals surface area contributed by atoms with Gasteiger partial charge in [0.1, 0.15) is 5.75 Å². The van der Waals surface area contributed by atoms with Crippen molar-refractivity contribution in [2.45, 2.75) is 77.2 Å². The highest BCUT2D eigenvalue weighted by molar-refractivity contribution is 5.92. The number of carbonyl (C=O) groups is 1. The molecule has 3 N–H and O–H groups in total. The molecule has 162 valence electrons. The average molecular weight is 410 g/mol. The first-order chi connectivity index (χ1) is 14.7. The molecule has 0 aliphatic heterocycles. The molecule has 0 saturated carbocycles. The van der Waals surface area contributed by atoms with Gasteiger partial charge >= 0.3 is 0 Å². The molecule has 0 radical (unpaired) electrons. The summed E-state index contributed by atoms with van der Waals surface area (Å²) >= 11 is 0. The lowest BCUT2D eigenvalue weighted by atomic mass is 10.1. The number of benzene rings is 1. The fourth-order valence-electron chi connectivity index (χ4n) is 4.07. The van der Waals surface area contributed by atoms with E-state index in [1.165, 1.54) is 68.7 Å². The summed E-state index contributed by atoms with van der Waals surface area (Å²) in [6.07, 6.45) is 14.4. The maximum Gasteiger partial charge on any atom is 0.250 e. The lowest BCUT2D eigenvalue weighted by Gasteiger charge is -2.11. The van der Waals surface area contributed by atoms with Gasteiger partial charge < -0.3 is 15.8 Å². The molecule has 1 aliphatic carbocycles. The number of pyridine rings is 1. The van der Waals surface area contributed by atoms with Gasteiger partial charge in [0.25, 0.3) is 0 Å². The minimum atomic E-state index is -0.489. The first kappa shape index (κ1) is 22.3. The molecular formula is C25H35N3O2. The zero-order valence-corrected chi connectivity index (χ0v) is 18.2. The minimum absolute atomic E-state index is 0.377. The van der Waals surface area contributed by atoms with E-state index in [0.29, 0.717) is 17.5 Å². The van der Waals surface area contributed by atoms with Crippen molar-refractivity contribution < 1.29 is 9.53 Å². The standard InChI is InChI=1S/C25H35N3O2/c1-2-3-4-5-6-7-8-9-14-27-22-15-19-10-12-23(17-21(19)16-22)30-24-13-11-20(18-28-24)25(26)29/h10-13,17-18,22,27H,2-9,14-16H2,1H3,(H2,26,29). The van der Waals surface area contributed by atoms with Crippen molar-refractivity contribution in [3.63, 3.8) is 0 Å². The molecule has 30 heavy (non-hydrogen) atoms. The highest BCUT2D eigenvalue weighted by Crippen LogP contribution is 2.28. The Morgan fingerprint density at radius 1 is 1.03 bits per heavy atom. The molecule has 1 aromatic heterocycles. The van der Waals surface area contributed by atoms with Gasteiger partial charge in [-0.05, 0) is 55.1 Å². The van der Waals surface area contributed by atoms with Crippen molar-refractivity contribution in [2.24, 2.45) is 5.73 Å². The van der Waals surface area contributed by atoms with Crippen LogP contribution in [-0.4, -0.2) is 23.5 Å². The van der Waals surface area contributed by atoms with E-state index >= 15 is 0 Å². The van der Waals surface area contributed by atoms with Gasteiger partial charge in [0.15, 0.2) is 0 Å².